The molecule has 0 aliphatic rings. The molecular formula is C17H20BrNO2. The second-order valence-corrected chi connectivity index (χ2v) is 5.71. The Hall–Kier alpha value is -1.52. The Balaban J connectivity index is 2.09. The lowest BCUT2D eigenvalue weighted by molar-refractivity contribution is 0.284. The molecule has 2 aromatic carbocycles. The molecule has 0 atom stereocenters. The molecule has 0 aromatic heterocycles. The molecule has 2 aromatic rings. The number of methoxy groups -OCH3 is 1. The van der Waals surface area contributed by atoms with Crippen molar-refractivity contribution in [3.8, 4) is 11.5 Å². The molecule has 0 saturated heterocycles. The van der Waals surface area contributed by atoms with Crippen LogP contribution in [0.5, 0.6) is 11.5 Å². The van der Waals surface area contributed by atoms with Crippen LogP contribution in [0.25, 0.3) is 0 Å². The summed E-state index contributed by atoms with van der Waals surface area (Å²) in [6.45, 7) is 1.20. The number of rotatable bonds is 7. The van der Waals surface area contributed by atoms with Gasteiger partial charge in [0.25, 0.3) is 0 Å². The van der Waals surface area contributed by atoms with Crippen LogP contribution in [0.4, 0.5) is 0 Å². The lowest BCUT2D eigenvalue weighted by atomic mass is 10.1. The SMILES string of the molecule is COc1ccc(CCCN)cc1OCc1cccc(Br)c1. The zero-order valence-corrected chi connectivity index (χ0v) is 13.7. The molecule has 2 N–H and O–H groups in total. The first-order chi connectivity index (χ1) is 10.2. The molecule has 0 heterocycles. The second kappa shape index (κ2) is 8.05. The fraction of sp³-hybridized carbons (Fsp3) is 0.294. The lowest BCUT2D eigenvalue weighted by Gasteiger charge is -2.12. The van der Waals surface area contributed by atoms with E-state index in [0.717, 1.165) is 34.4 Å². The molecule has 0 aliphatic carbocycles. The molecule has 112 valence electrons. The van der Waals surface area contributed by atoms with E-state index < -0.39 is 0 Å². The molecule has 0 amide bonds. The topological polar surface area (TPSA) is 44.5 Å². The van der Waals surface area contributed by atoms with Gasteiger partial charge in [0.1, 0.15) is 6.61 Å². The maximum absolute atomic E-state index is 5.91. The van der Waals surface area contributed by atoms with Gasteiger partial charge in [-0.15, -0.1) is 0 Å². The van der Waals surface area contributed by atoms with E-state index in [0.29, 0.717) is 13.2 Å². The van der Waals surface area contributed by atoms with Gasteiger partial charge in [-0.3, -0.25) is 0 Å². The summed E-state index contributed by atoms with van der Waals surface area (Å²) in [5.74, 6) is 1.52. The Kier molecular flexibility index (Phi) is 6.08. The summed E-state index contributed by atoms with van der Waals surface area (Å²) in [7, 11) is 1.65. The van der Waals surface area contributed by atoms with Crippen LogP contribution in [0.15, 0.2) is 46.9 Å². The van der Waals surface area contributed by atoms with Gasteiger partial charge in [-0.05, 0) is 54.8 Å². The standard InChI is InChI=1S/C17H20BrNO2/c1-20-16-8-7-13(5-3-9-19)11-17(16)21-12-14-4-2-6-15(18)10-14/h2,4,6-8,10-11H,3,5,9,12,19H2,1H3. The highest BCUT2D eigenvalue weighted by atomic mass is 79.9. The number of hydrogen-bond acceptors (Lipinski definition) is 3. The van der Waals surface area contributed by atoms with Crippen molar-refractivity contribution in [2.45, 2.75) is 19.4 Å². The van der Waals surface area contributed by atoms with Gasteiger partial charge in [0, 0.05) is 4.47 Å². The first kappa shape index (κ1) is 15.9. The van der Waals surface area contributed by atoms with Crippen LogP contribution < -0.4 is 15.2 Å². The number of ether oxygens (including phenoxy) is 2. The van der Waals surface area contributed by atoms with Crippen molar-refractivity contribution in [3.63, 3.8) is 0 Å². The third kappa shape index (κ3) is 4.76. The van der Waals surface area contributed by atoms with E-state index in [4.69, 9.17) is 15.2 Å². The molecule has 0 fully saturated rings. The first-order valence-corrected chi connectivity index (χ1v) is 7.76. The molecule has 0 saturated carbocycles. The van der Waals surface area contributed by atoms with Gasteiger partial charge in [0.2, 0.25) is 0 Å². The zero-order valence-electron chi connectivity index (χ0n) is 12.1. The van der Waals surface area contributed by atoms with Crippen molar-refractivity contribution in [2.24, 2.45) is 5.73 Å². The van der Waals surface area contributed by atoms with Crippen molar-refractivity contribution in [1.29, 1.82) is 0 Å². The van der Waals surface area contributed by atoms with E-state index in [1.165, 1.54) is 5.56 Å². The highest BCUT2D eigenvalue weighted by Crippen LogP contribution is 2.29. The molecule has 0 aliphatic heterocycles. The number of benzene rings is 2. The van der Waals surface area contributed by atoms with Crippen molar-refractivity contribution in [1.82, 2.24) is 0 Å². The zero-order chi connectivity index (χ0) is 15.1. The summed E-state index contributed by atoms with van der Waals surface area (Å²) in [5, 5.41) is 0. The summed E-state index contributed by atoms with van der Waals surface area (Å²) < 4.78 is 12.3. The number of nitrogens with two attached hydrogens (primary N) is 1. The van der Waals surface area contributed by atoms with Crippen molar-refractivity contribution in [3.05, 3.63) is 58.1 Å². The van der Waals surface area contributed by atoms with Gasteiger partial charge >= 0.3 is 0 Å². The van der Waals surface area contributed by atoms with E-state index in [-0.39, 0.29) is 0 Å². The third-order valence-electron chi connectivity index (χ3n) is 3.18. The van der Waals surface area contributed by atoms with Gasteiger partial charge in [0.15, 0.2) is 11.5 Å². The quantitative estimate of drug-likeness (QED) is 0.823. The van der Waals surface area contributed by atoms with Gasteiger partial charge in [-0.25, -0.2) is 0 Å². The highest BCUT2D eigenvalue weighted by molar-refractivity contribution is 9.10. The lowest BCUT2D eigenvalue weighted by Crippen LogP contribution is -2.02. The summed E-state index contributed by atoms with van der Waals surface area (Å²) in [6.07, 6.45) is 1.92. The molecule has 2 rings (SSSR count). The molecule has 0 unspecified atom stereocenters. The predicted molar refractivity (Wildman–Crippen MR) is 88.8 cm³/mol. The monoisotopic (exact) mass is 349 g/mol. The number of aryl methyl sites for hydroxylation is 1. The minimum Gasteiger partial charge on any atom is -0.493 e. The Bertz CT molecular complexity index is 587. The van der Waals surface area contributed by atoms with Crippen LogP contribution in [-0.2, 0) is 13.0 Å². The average Bonchev–Trinajstić information content (AvgIpc) is 2.51. The van der Waals surface area contributed by atoms with Gasteiger partial charge in [-0.1, -0.05) is 34.1 Å². The summed E-state index contributed by atoms with van der Waals surface area (Å²) >= 11 is 3.46. The summed E-state index contributed by atoms with van der Waals surface area (Å²) in [4.78, 5) is 0. The smallest absolute Gasteiger partial charge is 0.161 e. The predicted octanol–water partition coefficient (Wildman–Crippen LogP) is 3.93. The van der Waals surface area contributed by atoms with Crippen molar-refractivity contribution in [2.75, 3.05) is 13.7 Å². The van der Waals surface area contributed by atoms with Crippen LogP contribution in [0, 0.1) is 0 Å². The van der Waals surface area contributed by atoms with Crippen LogP contribution in [-0.4, -0.2) is 13.7 Å². The van der Waals surface area contributed by atoms with Gasteiger partial charge < -0.3 is 15.2 Å². The minimum atomic E-state index is 0.510. The normalized spacial score (nSPS) is 10.4. The average molecular weight is 350 g/mol. The summed E-state index contributed by atoms with van der Waals surface area (Å²) in [6, 6.07) is 14.1. The number of halogens is 1. The van der Waals surface area contributed by atoms with E-state index in [1.807, 2.05) is 36.4 Å². The van der Waals surface area contributed by atoms with Crippen LogP contribution in [0.3, 0.4) is 0 Å². The molecule has 0 radical (unpaired) electrons. The van der Waals surface area contributed by atoms with Crippen LogP contribution >= 0.6 is 15.9 Å². The number of hydrogen-bond donors (Lipinski definition) is 1. The van der Waals surface area contributed by atoms with Crippen LogP contribution in [0.2, 0.25) is 0 Å². The van der Waals surface area contributed by atoms with Crippen LogP contribution in [0.1, 0.15) is 17.5 Å². The first-order valence-electron chi connectivity index (χ1n) is 6.97. The molecule has 21 heavy (non-hydrogen) atoms. The highest BCUT2D eigenvalue weighted by Gasteiger charge is 2.06. The van der Waals surface area contributed by atoms with E-state index in [1.54, 1.807) is 7.11 Å². The molecular weight excluding hydrogens is 330 g/mol. The largest absolute Gasteiger partial charge is 0.493 e. The van der Waals surface area contributed by atoms with Crippen molar-refractivity contribution < 1.29 is 9.47 Å². The molecule has 3 nitrogen and oxygen atoms in total. The molecule has 0 bridgehead atoms. The Morgan fingerprint density at radius 3 is 2.62 bits per heavy atom. The maximum Gasteiger partial charge on any atom is 0.161 e. The van der Waals surface area contributed by atoms with E-state index >= 15 is 0 Å². The fourth-order valence-corrected chi connectivity index (χ4v) is 2.53. The summed E-state index contributed by atoms with van der Waals surface area (Å²) in [5.41, 5.74) is 7.88. The maximum atomic E-state index is 5.91. The Morgan fingerprint density at radius 2 is 1.90 bits per heavy atom. The Labute approximate surface area is 134 Å². The van der Waals surface area contributed by atoms with E-state index in [2.05, 4.69) is 22.0 Å². The molecule has 4 heteroatoms. The Morgan fingerprint density at radius 1 is 1.05 bits per heavy atom. The third-order valence-corrected chi connectivity index (χ3v) is 3.67. The fourth-order valence-electron chi connectivity index (χ4n) is 2.08. The van der Waals surface area contributed by atoms with Crippen molar-refractivity contribution >= 4 is 15.9 Å². The minimum absolute atomic E-state index is 0.510. The second-order valence-electron chi connectivity index (χ2n) is 4.80. The van der Waals surface area contributed by atoms with Gasteiger partial charge in [0.05, 0.1) is 7.11 Å². The molecule has 0 spiro atoms. The van der Waals surface area contributed by atoms with Gasteiger partial charge in [-0.2, -0.15) is 0 Å². The van der Waals surface area contributed by atoms with E-state index in [9.17, 15) is 0 Å².